The summed E-state index contributed by atoms with van der Waals surface area (Å²) in [5.41, 5.74) is 6.31. The first kappa shape index (κ1) is 8.08. The summed E-state index contributed by atoms with van der Waals surface area (Å²) in [6.45, 7) is 1.77. The van der Waals surface area contributed by atoms with Crippen LogP contribution < -0.4 is 5.73 Å². The summed E-state index contributed by atoms with van der Waals surface area (Å²) in [6.07, 6.45) is 0. The van der Waals surface area contributed by atoms with Crippen LogP contribution in [0.15, 0.2) is 18.2 Å². The number of primary amides is 1. The predicted molar refractivity (Wildman–Crippen MR) is 44.7 cm³/mol. The largest absolute Gasteiger partial charge is 0.366 e. The Morgan fingerprint density at radius 3 is 2.64 bits per heavy atom. The van der Waals surface area contributed by atoms with Gasteiger partial charge in [-0.2, -0.15) is 0 Å². The van der Waals surface area contributed by atoms with Crippen molar-refractivity contribution in [3.8, 4) is 0 Å². The monoisotopic (exact) mass is 169 g/mol. The molecule has 1 aromatic rings. The third-order valence-electron chi connectivity index (χ3n) is 1.53. The number of halogens is 1. The Balaban J connectivity index is 3.27. The average Bonchev–Trinajstić information content (AvgIpc) is 1.94. The molecule has 0 unspecified atom stereocenters. The number of rotatable bonds is 1. The maximum Gasteiger partial charge on any atom is 0.249 e. The van der Waals surface area contributed by atoms with Crippen molar-refractivity contribution >= 4 is 17.5 Å². The van der Waals surface area contributed by atoms with Crippen molar-refractivity contribution in [2.45, 2.75) is 6.92 Å². The maximum absolute atomic E-state index is 10.7. The Morgan fingerprint density at radius 2 is 2.18 bits per heavy atom. The molecule has 0 bridgehead atoms. The second-order valence-electron chi connectivity index (χ2n) is 2.28. The molecule has 1 aromatic carbocycles. The molecule has 1 amide bonds. The first-order chi connectivity index (χ1) is 5.13. The van der Waals surface area contributed by atoms with E-state index >= 15 is 0 Å². The second-order valence-corrected chi connectivity index (χ2v) is 2.68. The van der Waals surface area contributed by atoms with Crippen LogP contribution in [0.3, 0.4) is 0 Å². The van der Waals surface area contributed by atoms with Crippen molar-refractivity contribution in [2.75, 3.05) is 0 Å². The highest BCUT2D eigenvalue weighted by Crippen LogP contribution is 2.17. The van der Waals surface area contributed by atoms with Crippen molar-refractivity contribution in [2.24, 2.45) is 5.73 Å². The molecule has 0 atom stereocenters. The molecule has 11 heavy (non-hydrogen) atoms. The summed E-state index contributed by atoms with van der Waals surface area (Å²) in [5.74, 6) is -0.440. The van der Waals surface area contributed by atoms with Crippen molar-refractivity contribution < 1.29 is 4.79 Å². The molecule has 0 aliphatic rings. The van der Waals surface area contributed by atoms with Gasteiger partial charge in [0.2, 0.25) is 5.91 Å². The lowest BCUT2D eigenvalue weighted by atomic mass is 10.1. The first-order valence-electron chi connectivity index (χ1n) is 3.18. The van der Waals surface area contributed by atoms with Gasteiger partial charge in [0.05, 0.1) is 0 Å². The smallest absolute Gasteiger partial charge is 0.249 e. The molecular weight excluding hydrogens is 162 g/mol. The predicted octanol–water partition coefficient (Wildman–Crippen LogP) is 1.75. The van der Waals surface area contributed by atoms with Gasteiger partial charge in [0.1, 0.15) is 0 Å². The zero-order chi connectivity index (χ0) is 8.43. The molecule has 0 aromatic heterocycles. The number of hydrogen-bond donors (Lipinski definition) is 1. The van der Waals surface area contributed by atoms with Crippen LogP contribution in [0.5, 0.6) is 0 Å². The van der Waals surface area contributed by atoms with Crippen molar-refractivity contribution in [3.05, 3.63) is 34.3 Å². The SMILES string of the molecule is Cc1c(Cl)cccc1C(N)=O. The van der Waals surface area contributed by atoms with Crippen LogP contribution >= 0.6 is 11.6 Å². The normalized spacial score (nSPS) is 9.64. The van der Waals surface area contributed by atoms with Gasteiger partial charge < -0.3 is 5.73 Å². The molecule has 0 heterocycles. The molecule has 0 radical (unpaired) electrons. The van der Waals surface area contributed by atoms with Crippen LogP contribution in [-0.4, -0.2) is 5.91 Å². The number of hydrogen-bond acceptors (Lipinski definition) is 1. The quantitative estimate of drug-likeness (QED) is 0.684. The summed E-state index contributed by atoms with van der Waals surface area (Å²) in [7, 11) is 0. The molecular formula is C8H8ClNO. The highest BCUT2D eigenvalue weighted by molar-refractivity contribution is 6.31. The average molecular weight is 170 g/mol. The number of nitrogens with two attached hydrogens (primary N) is 1. The van der Waals surface area contributed by atoms with E-state index in [0.29, 0.717) is 10.6 Å². The van der Waals surface area contributed by atoms with Crippen LogP contribution in [0.25, 0.3) is 0 Å². The number of benzene rings is 1. The van der Waals surface area contributed by atoms with Gasteiger partial charge in [-0.15, -0.1) is 0 Å². The number of amides is 1. The van der Waals surface area contributed by atoms with Crippen LogP contribution in [0.4, 0.5) is 0 Å². The lowest BCUT2D eigenvalue weighted by Gasteiger charge is -2.01. The zero-order valence-electron chi connectivity index (χ0n) is 6.10. The molecule has 0 aliphatic heterocycles. The summed E-state index contributed by atoms with van der Waals surface area (Å²) in [5, 5.41) is 0.571. The van der Waals surface area contributed by atoms with E-state index in [2.05, 4.69) is 0 Å². The molecule has 1 rings (SSSR count). The van der Waals surface area contributed by atoms with Gasteiger partial charge in [-0.05, 0) is 24.6 Å². The fourth-order valence-electron chi connectivity index (χ4n) is 0.874. The van der Waals surface area contributed by atoms with Crippen LogP contribution in [-0.2, 0) is 0 Å². The minimum atomic E-state index is -0.440. The van der Waals surface area contributed by atoms with Crippen molar-refractivity contribution in [3.63, 3.8) is 0 Å². The second kappa shape index (κ2) is 2.93. The van der Waals surface area contributed by atoms with Crippen molar-refractivity contribution in [1.82, 2.24) is 0 Å². The molecule has 0 spiro atoms. The molecule has 2 N–H and O–H groups in total. The topological polar surface area (TPSA) is 43.1 Å². The van der Waals surface area contributed by atoms with Gasteiger partial charge in [-0.25, -0.2) is 0 Å². The Bertz CT molecular complexity index is 296. The van der Waals surface area contributed by atoms with Gasteiger partial charge in [-0.3, -0.25) is 4.79 Å². The van der Waals surface area contributed by atoms with Gasteiger partial charge in [0.25, 0.3) is 0 Å². The van der Waals surface area contributed by atoms with Gasteiger partial charge in [0.15, 0.2) is 0 Å². The lowest BCUT2D eigenvalue weighted by molar-refractivity contribution is 0.0999. The highest BCUT2D eigenvalue weighted by atomic mass is 35.5. The van der Waals surface area contributed by atoms with E-state index in [1.165, 1.54) is 0 Å². The summed E-state index contributed by atoms with van der Waals surface area (Å²) < 4.78 is 0. The minimum Gasteiger partial charge on any atom is -0.366 e. The van der Waals surface area contributed by atoms with E-state index in [9.17, 15) is 4.79 Å². The zero-order valence-corrected chi connectivity index (χ0v) is 6.85. The Morgan fingerprint density at radius 1 is 1.55 bits per heavy atom. The Kier molecular flexibility index (Phi) is 2.15. The fraction of sp³-hybridized carbons (Fsp3) is 0.125. The summed E-state index contributed by atoms with van der Waals surface area (Å²) in [4.78, 5) is 10.7. The van der Waals surface area contributed by atoms with Crippen LogP contribution in [0, 0.1) is 6.92 Å². The first-order valence-corrected chi connectivity index (χ1v) is 3.55. The maximum atomic E-state index is 10.7. The number of carbonyl (C=O) groups excluding carboxylic acids is 1. The molecule has 3 heteroatoms. The van der Waals surface area contributed by atoms with Gasteiger partial charge in [0, 0.05) is 10.6 Å². The molecule has 0 fully saturated rings. The highest BCUT2D eigenvalue weighted by Gasteiger charge is 2.05. The molecule has 0 aliphatic carbocycles. The fourth-order valence-corrected chi connectivity index (χ4v) is 1.05. The van der Waals surface area contributed by atoms with E-state index in [4.69, 9.17) is 17.3 Å². The van der Waals surface area contributed by atoms with Crippen LogP contribution in [0.2, 0.25) is 5.02 Å². The van der Waals surface area contributed by atoms with Gasteiger partial charge in [-0.1, -0.05) is 17.7 Å². The summed E-state index contributed by atoms with van der Waals surface area (Å²) >= 11 is 5.75. The summed E-state index contributed by atoms with van der Waals surface area (Å²) in [6, 6.07) is 5.09. The number of carbonyl (C=O) groups is 1. The lowest BCUT2D eigenvalue weighted by Crippen LogP contribution is -2.12. The molecule has 0 saturated heterocycles. The van der Waals surface area contributed by atoms with Crippen molar-refractivity contribution in [1.29, 1.82) is 0 Å². The molecule has 58 valence electrons. The van der Waals surface area contributed by atoms with E-state index in [1.807, 2.05) is 0 Å². The van der Waals surface area contributed by atoms with E-state index < -0.39 is 5.91 Å². The van der Waals surface area contributed by atoms with E-state index in [0.717, 1.165) is 5.56 Å². The molecule has 0 saturated carbocycles. The minimum absolute atomic E-state index is 0.440. The Hall–Kier alpha value is -1.02. The Labute approximate surface area is 70.0 Å². The van der Waals surface area contributed by atoms with E-state index in [1.54, 1.807) is 25.1 Å². The molecule has 2 nitrogen and oxygen atoms in total. The third kappa shape index (κ3) is 1.52. The van der Waals surface area contributed by atoms with Gasteiger partial charge >= 0.3 is 0 Å². The standard InChI is InChI=1S/C8H8ClNO/c1-5-6(8(10)11)3-2-4-7(5)9/h2-4H,1H3,(H2,10,11). The van der Waals surface area contributed by atoms with E-state index in [-0.39, 0.29) is 0 Å². The van der Waals surface area contributed by atoms with Crippen LogP contribution in [0.1, 0.15) is 15.9 Å². The third-order valence-corrected chi connectivity index (χ3v) is 1.94.